The van der Waals surface area contributed by atoms with Gasteiger partial charge in [0.25, 0.3) is 0 Å². The first kappa shape index (κ1) is 14.0. The molecule has 0 saturated heterocycles. The van der Waals surface area contributed by atoms with E-state index in [0.717, 1.165) is 8.95 Å². The summed E-state index contributed by atoms with van der Waals surface area (Å²) in [6.45, 7) is 0. The highest BCUT2D eigenvalue weighted by atomic mass is 79.9. The molecule has 0 N–H and O–H groups in total. The number of benzene rings is 2. The molecule has 0 aliphatic carbocycles. The Hall–Kier alpha value is -0.0200. The average molecular weight is 383 g/mol. The molecule has 16 heavy (non-hydrogen) atoms. The van der Waals surface area contributed by atoms with Crippen LogP contribution >= 0.6 is 55.1 Å². The zero-order valence-electron chi connectivity index (χ0n) is 8.13. The highest BCUT2D eigenvalue weighted by Crippen LogP contribution is 2.15. The lowest BCUT2D eigenvalue weighted by Crippen LogP contribution is -1.61. The second-order valence-electron chi connectivity index (χ2n) is 2.88. The summed E-state index contributed by atoms with van der Waals surface area (Å²) in [5.41, 5.74) is 0. The fraction of sp³-hybridized carbons (Fsp3) is 0. The molecule has 0 unspecified atom stereocenters. The van der Waals surface area contributed by atoms with Crippen molar-refractivity contribution in [3.63, 3.8) is 0 Å². The van der Waals surface area contributed by atoms with E-state index in [-0.39, 0.29) is 0 Å². The van der Waals surface area contributed by atoms with Crippen LogP contribution in [0.15, 0.2) is 57.5 Å². The van der Waals surface area contributed by atoms with E-state index in [1.165, 1.54) is 0 Å². The van der Waals surface area contributed by atoms with Crippen LogP contribution < -0.4 is 0 Å². The molecule has 84 valence electrons. The van der Waals surface area contributed by atoms with Gasteiger partial charge in [0.15, 0.2) is 0 Å². The third kappa shape index (κ3) is 5.90. The fourth-order valence-electron chi connectivity index (χ4n) is 0.920. The Balaban J connectivity index is 0.000000160. The summed E-state index contributed by atoms with van der Waals surface area (Å²) in [5, 5.41) is 1.36. The van der Waals surface area contributed by atoms with Crippen LogP contribution in [0.2, 0.25) is 10.0 Å². The molecule has 2 aromatic carbocycles. The van der Waals surface area contributed by atoms with Crippen LogP contribution in [0.4, 0.5) is 0 Å². The Morgan fingerprint density at radius 3 is 1.38 bits per heavy atom. The molecule has 0 heterocycles. The van der Waals surface area contributed by atoms with Crippen molar-refractivity contribution in [2.75, 3.05) is 0 Å². The van der Waals surface area contributed by atoms with Gasteiger partial charge in [-0.15, -0.1) is 0 Å². The van der Waals surface area contributed by atoms with Gasteiger partial charge in [-0.25, -0.2) is 0 Å². The third-order valence-corrected chi connectivity index (χ3v) is 3.03. The smallest absolute Gasteiger partial charge is 0.0420 e. The summed E-state index contributed by atoms with van der Waals surface area (Å²) in [7, 11) is 0. The summed E-state index contributed by atoms with van der Waals surface area (Å²) in [6, 6.07) is 15.0. The van der Waals surface area contributed by atoms with Gasteiger partial charge >= 0.3 is 0 Å². The molecule has 0 radical (unpaired) electrons. The van der Waals surface area contributed by atoms with Gasteiger partial charge in [0.1, 0.15) is 0 Å². The van der Waals surface area contributed by atoms with Gasteiger partial charge in [-0.3, -0.25) is 0 Å². The average Bonchev–Trinajstić information content (AvgIpc) is 2.17. The number of hydrogen-bond acceptors (Lipinski definition) is 0. The Kier molecular flexibility index (Phi) is 6.44. The lowest BCUT2D eigenvalue weighted by atomic mass is 10.4. The summed E-state index contributed by atoms with van der Waals surface area (Å²) in [6.07, 6.45) is 0. The van der Waals surface area contributed by atoms with Crippen LogP contribution in [0.1, 0.15) is 0 Å². The predicted molar refractivity (Wildman–Crippen MR) is 78.3 cm³/mol. The molecule has 2 aromatic rings. The van der Waals surface area contributed by atoms with Gasteiger partial charge in [-0.2, -0.15) is 0 Å². The summed E-state index contributed by atoms with van der Waals surface area (Å²) in [5.74, 6) is 0. The van der Waals surface area contributed by atoms with E-state index in [2.05, 4.69) is 31.9 Å². The Morgan fingerprint density at radius 2 is 1.12 bits per heavy atom. The maximum atomic E-state index is 5.56. The van der Waals surface area contributed by atoms with E-state index in [1.54, 1.807) is 18.2 Å². The molecule has 0 aliphatic heterocycles. The van der Waals surface area contributed by atoms with Crippen molar-refractivity contribution in [1.29, 1.82) is 0 Å². The third-order valence-electron chi connectivity index (χ3n) is 1.57. The first-order chi connectivity index (χ1) is 7.58. The van der Waals surface area contributed by atoms with Crippen LogP contribution in [-0.4, -0.2) is 0 Å². The lowest BCUT2D eigenvalue weighted by molar-refractivity contribution is 1.60. The van der Waals surface area contributed by atoms with E-state index < -0.39 is 0 Å². The monoisotopic (exact) mass is 380 g/mol. The van der Waals surface area contributed by atoms with E-state index in [9.17, 15) is 0 Å². The highest BCUT2D eigenvalue weighted by molar-refractivity contribution is 9.11. The van der Waals surface area contributed by atoms with Crippen molar-refractivity contribution < 1.29 is 0 Å². The minimum Gasteiger partial charge on any atom is -0.0843 e. The first-order valence-electron chi connectivity index (χ1n) is 4.40. The van der Waals surface area contributed by atoms with E-state index in [1.807, 2.05) is 30.3 Å². The van der Waals surface area contributed by atoms with Crippen molar-refractivity contribution in [2.45, 2.75) is 0 Å². The van der Waals surface area contributed by atoms with Gasteiger partial charge in [-0.05, 0) is 36.4 Å². The van der Waals surface area contributed by atoms with Crippen LogP contribution in [0.3, 0.4) is 0 Å². The highest BCUT2D eigenvalue weighted by Gasteiger charge is 1.85. The predicted octanol–water partition coefficient (Wildman–Crippen LogP) is 6.21. The summed E-state index contributed by atoms with van der Waals surface area (Å²) in [4.78, 5) is 0. The van der Waals surface area contributed by atoms with Crippen LogP contribution in [0.25, 0.3) is 0 Å². The second-order valence-corrected chi connectivity index (χ2v) is 5.58. The maximum Gasteiger partial charge on any atom is 0.0420 e. The second kappa shape index (κ2) is 7.33. The van der Waals surface area contributed by atoms with Crippen LogP contribution in [0, 0.1) is 0 Å². The zero-order chi connectivity index (χ0) is 12.0. The molecule has 2 rings (SSSR count). The Labute approximate surface area is 122 Å². The van der Waals surface area contributed by atoms with Crippen molar-refractivity contribution in [1.82, 2.24) is 0 Å². The molecule has 0 aromatic heterocycles. The van der Waals surface area contributed by atoms with Gasteiger partial charge < -0.3 is 0 Å². The molecule has 0 atom stereocenters. The van der Waals surface area contributed by atoms with Crippen molar-refractivity contribution in [3.05, 3.63) is 67.5 Å². The molecular formula is C12H8Br2Cl2. The Bertz CT molecular complexity index is 380. The number of rotatable bonds is 0. The normalized spacial score (nSPS) is 9.25. The molecule has 0 nitrogen and oxygen atoms in total. The molecule has 0 bridgehead atoms. The first-order valence-corrected chi connectivity index (χ1v) is 6.74. The van der Waals surface area contributed by atoms with Crippen LogP contribution in [0.5, 0.6) is 0 Å². The van der Waals surface area contributed by atoms with Crippen LogP contribution in [-0.2, 0) is 0 Å². The van der Waals surface area contributed by atoms with E-state index in [4.69, 9.17) is 23.2 Å². The zero-order valence-corrected chi connectivity index (χ0v) is 12.8. The van der Waals surface area contributed by atoms with Gasteiger partial charge in [-0.1, -0.05) is 67.2 Å². The van der Waals surface area contributed by atoms with Crippen molar-refractivity contribution in [3.8, 4) is 0 Å². The SMILES string of the molecule is Brc1cccc(Br)c1.Clc1cccc(Cl)c1. The van der Waals surface area contributed by atoms with Gasteiger partial charge in [0, 0.05) is 19.0 Å². The Morgan fingerprint density at radius 1 is 0.688 bits per heavy atom. The lowest BCUT2D eigenvalue weighted by Gasteiger charge is -1.87. The van der Waals surface area contributed by atoms with E-state index >= 15 is 0 Å². The molecule has 0 aliphatic rings. The summed E-state index contributed by atoms with van der Waals surface area (Å²) < 4.78 is 2.21. The topological polar surface area (TPSA) is 0 Å². The quantitative estimate of drug-likeness (QED) is 0.508. The molecule has 0 fully saturated rings. The number of halogens is 4. The van der Waals surface area contributed by atoms with Gasteiger partial charge in [0.2, 0.25) is 0 Å². The molecule has 0 saturated carbocycles. The molecule has 0 spiro atoms. The minimum absolute atomic E-state index is 0.678. The largest absolute Gasteiger partial charge is 0.0843 e. The fourth-order valence-corrected chi connectivity index (χ4v) is 2.46. The van der Waals surface area contributed by atoms with Gasteiger partial charge in [0.05, 0.1) is 0 Å². The molecular weight excluding hydrogens is 375 g/mol. The van der Waals surface area contributed by atoms with E-state index in [0.29, 0.717) is 10.0 Å². The summed E-state index contributed by atoms with van der Waals surface area (Å²) >= 11 is 17.8. The van der Waals surface area contributed by atoms with Crippen molar-refractivity contribution in [2.24, 2.45) is 0 Å². The standard InChI is InChI=1S/C6H4Br2.C6H4Cl2/c2*7-5-2-1-3-6(8)4-5/h2*1-4H. The minimum atomic E-state index is 0.678. The van der Waals surface area contributed by atoms with Crippen molar-refractivity contribution >= 4 is 55.1 Å². The molecule has 0 amide bonds. The number of hydrogen-bond donors (Lipinski definition) is 0. The molecule has 4 heteroatoms. The maximum absolute atomic E-state index is 5.56.